The molecule has 0 amide bonds. The molecule has 0 atom stereocenters. The monoisotopic (exact) mass is 115 g/mol. The third-order valence-corrected chi connectivity index (χ3v) is 0.702. The summed E-state index contributed by atoms with van der Waals surface area (Å²) in [6.07, 6.45) is 1.20. The van der Waals surface area contributed by atoms with Crippen LogP contribution in [0.2, 0.25) is 0 Å². The van der Waals surface area contributed by atoms with Crippen LogP contribution < -0.4 is 11.6 Å². The van der Waals surface area contributed by atoms with E-state index in [4.69, 9.17) is 5.73 Å². The lowest BCUT2D eigenvalue weighted by molar-refractivity contribution is 0.374. The zero-order chi connectivity index (χ0) is 5.98. The topological polar surface area (TPSA) is 69.4 Å². The summed E-state index contributed by atoms with van der Waals surface area (Å²) in [7, 11) is 0. The molecule has 0 aliphatic heterocycles. The first-order valence-corrected chi connectivity index (χ1v) is 2.10. The van der Waals surface area contributed by atoms with Crippen molar-refractivity contribution < 1.29 is 8.83 Å². The van der Waals surface area contributed by atoms with Crippen molar-refractivity contribution in [1.82, 2.24) is 0 Å². The molecule has 4 heteroatoms. The Bertz CT molecular complexity index is 211. The Morgan fingerprint density at radius 2 is 2.50 bits per heavy atom. The fourth-order valence-corrected chi connectivity index (χ4v) is 0.359. The van der Waals surface area contributed by atoms with Crippen molar-refractivity contribution >= 4 is 0 Å². The van der Waals surface area contributed by atoms with E-state index in [1.807, 2.05) is 0 Å². The number of hydrogen-bond donors (Lipinski definition) is 1. The summed E-state index contributed by atoms with van der Waals surface area (Å²) < 4.78 is 8.64. The molecular formula is C4H5NO3. The lowest BCUT2D eigenvalue weighted by Gasteiger charge is -1.75. The highest BCUT2D eigenvalue weighted by Gasteiger charge is 1.94. The fourth-order valence-electron chi connectivity index (χ4n) is 0.359. The Hall–Kier alpha value is -1.03. The minimum absolute atomic E-state index is 0.200. The molecular weight excluding hydrogens is 110 g/mol. The maximum absolute atomic E-state index is 10.1. The first kappa shape index (κ1) is 5.11. The summed E-state index contributed by atoms with van der Waals surface area (Å²) in [4.78, 5) is 10.1. The second kappa shape index (κ2) is 1.83. The zero-order valence-corrected chi connectivity index (χ0v) is 4.09. The van der Waals surface area contributed by atoms with Crippen molar-refractivity contribution in [3.05, 3.63) is 22.6 Å². The van der Waals surface area contributed by atoms with Crippen LogP contribution in [0.1, 0.15) is 5.76 Å². The Morgan fingerprint density at radius 3 is 2.75 bits per heavy atom. The Morgan fingerprint density at radius 1 is 1.75 bits per heavy atom. The maximum Gasteiger partial charge on any atom is 0.518 e. The van der Waals surface area contributed by atoms with Crippen LogP contribution in [0.15, 0.2) is 19.9 Å². The molecule has 0 aliphatic carbocycles. The summed E-state index contributed by atoms with van der Waals surface area (Å²) in [5, 5.41) is 0. The quantitative estimate of drug-likeness (QED) is 0.545. The molecule has 8 heavy (non-hydrogen) atoms. The molecule has 44 valence electrons. The highest BCUT2D eigenvalue weighted by atomic mass is 16.6. The molecule has 0 spiro atoms. The van der Waals surface area contributed by atoms with Gasteiger partial charge >= 0.3 is 5.82 Å². The van der Waals surface area contributed by atoms with Crippen LogP contribution in [0.4, 0.5) is 0 Å². The van der Waals surface area contributed by atoms with E-state index in [9.17, 15) is 4.79 Å². The van der Waals surface area contributed by atoms with Crippen LogP contribution in [0.25, 0.3) is 0 Å². The van der Waals surface area contributed by atoms with Crippen molar-refractivity contribution in [3.8, 4) is 0 Å². The van der Waals surface area contributed by atoms with Crippen molar-refractivity contribution in [3.63, 3.8) is 0 Å². The van der Waals surface area contributed by atoms with Gasteiger partial charge in [-0.2, -0.15) is 0 Å². The normalized spacial score (nSPS) is 9.62. The standard InChI is InChI=1S/C4H5NO3/c5-1-3-2-7-4(6)8-3/h2H,1,5H2. The number of rotatable bonds is 1. The smallest absolute Gasteiger partial charge is 0.399 e. The zero-order valence-electron chi connectivity index (χ0n) is 4.09. The summed E-state index contributed by atoms with van der Waals surface area (Å²) in [6.45, 7) is 0.200. The third kappa shape index (κ3) is 0.788. The maximum atomic E-state index is 10.1. The van der Waals surface area contributed by atoms with E-state index in [0.717, 1.165) is 0 Å². The second-order valence-corrected chi connectivity index (χ2v) is 1.26. The number of hydrogen-bond acceptors (Lipinski definition) is 4. The molecule has 0 bridgehead atoms. The summed E-state index contributed by atoms with van der Waals surface area (Å²) in [5.74, 6) is -0.333. The molecule has 0 saturated carbocycles. The van der Waals surface area contributed by atoms with E-state index >= 15 is 0 Å². The van der Waals surface area contributed by atoms with Gasteiger partial charge < -0.3 is 14.6 Å². The molecule has 0 unspecified atom stereocenters. The Balaban J connectivity index is 3.01. The molecule has 0 aromatic carbocycles. The molecule has 0 aliphatic rings. The van der Waals surface area contributed by atoms with Crippen LogP contribution in [-0.4, -0.2) is 0 Å². The van der Waals surface area contributed by atoms with Crippen molar-refractivity contribution in [2.75, 3.05) is 0 Å². The van der Waals surface area contributed by atoms with Gasteiger partial charge in [0, 0.05) is 0 Å². The van der Waals surface area contributed by atoms with Crippen molar-refractivity contribution in [2.24, 2.45) is 5.73 Å². The van der Waals surface area contributed by atoms with Gasteiger partial charge in [0.15, 0.2) is 5.76 Å². The van der Waals surface area contributed by atoms with Crippen LogP contribution >= 0.6 is 0 Å². The average Bonchev–Trinajstić information content (AvgIpc) is 2.14. The third-order valence-electron chi connectivity index (χ3n) is 0.702. The summed E-state index contributed by atoms with van der Waals surface area (Å²) in [5.41, 5.74) is 5.07. The fraction of sp³-hybridized carbons (Fsp3) is 0.250. The van der Waals surface area contributed by atoms with Crippen molar-refractivity contribution in [2.45, 2.75) is 6.54 Å². The van der Waals surface area contributed by atoms with E-state index in [0.29, 0.717) is 5.76 Å². The summed E-state index contributed by atoms with van der Waals surface area (Å²) in [6, 6.07) is 0. The average molecular weight is 115 g/mol. The van der Waals surface area contributed by atoms with E-state index in [-0.39, 0.29) is 6.54 Å². The first-order chi connectivity index (χ1) is 3.83. The molecule has 1 aromatic heterocycles. The number of nitrogens with two attached hydrogens (primary N) is 1. The van der Waals surface area contributed by atoms with Crippen LogP contribution in [-0.2, 0) is 6.54 Å². The minimum Gasteiger partial charge on any atom is -0.399 e. The largest absolute Gasteiger partial charge is 0.518 e. The van der Waals surface area contributed by atoms with Gasteiger partial charge in [-0.05, 0) is 0 Å². The van der Waals surface area contributed by atoms with Gasteiger partial charge in [-0.3, -0.25) is 0 Å². The molecule has 2 N–H and O–H groups in total. The molecule has 1 heterocycles. The molecule has 0 fully saturated rings. The predicted octanol–water partition coefficient (Wildman–Crippen LogP) is -0.308. The lowest BCUT2D eigenvalue weighted by atomic mass is 10.5. The molecule has 0 saturated heterocycles. The second-order valence-electron chi connectivity index (χ2n) is 1.26. The summed E-state index contributed by atoms with van der Waals surface area (Å²) >= 11 is 0. The van der Waals surface area contributed by atoms with Gasteiger partial charge in [-0.25, -0.2) is 4.79 Å². The van der Waals surface area contributed by atoms with E-state index in [1.54, 1.807) is 0 Å². The molecule has 4 nitrogen and oxygen atoms in total. The highest BCUT2D eigenvalue weighted by Crippen LogP contribution is 1.89. The highest BCUT2D eigenvalue weighted by molar-refractivity contribution is 4.81. The van der Waals surface area contributed by atoms with E-state index < -0.39 is 5.82 Å². The SMILES string of the molecule is NCc1coc(=O)o1. The molecule has 0 radical (unpaired) electrons. The van der Waals surface area contributed by atoms with Crippen LogP contribution in [0, 0.1) is 0 Å². The van der Waals surface area contributed by atoms with Crippen LogP contribution in [0.3, 0.4) is 0 Å². The van der Waals surface area contributed by atoms with Crippen LogP contribution in [0.5, 0.6) is 0 Å². The van der Waals surface area contributed by atoms with Gasteiger partial charge in [0.25, 0.3) is 0 Å². The van der Waals surface area contributed by atoms with Gasteiger partial charge in [-0.1, -0.05) is 0 Å². The minimum atomic E-state index is -0.703. The van der Waals surface area contributed by atoms with E-state index in [2.05, 4.69) is 8.83 Å². The molecule has 1 aromatic rings. The van der Waals surface area contributed by atoms with Gasteiger partial charge in [0.2, 0.25) is 0 Å². The Kier molecular flexibility index (Phi) is 1.17. The first-order valence-electron chi connectivity index (χ1n) is 2.10. The predicted molar refractivity (Wildman–Crippen MR) is 25.1 cm³/mol. The van der Waals surface area contributed by atoms with Gasteiger partial charge in [0.1, 0.15) is 6.26 Å². The van der Waals surface area contributed by atoms with E-state index in [1.165, 1.54) is 6.26 Å². The Labute approximate surface area is 44.9 Å². The van der Waals surface area contributed by atoms with Crippen molar-refractivity contribution in [1.29, 1.82) is 0 Å². The molecule has 1 rings (SSSR count). The van der Waals surface area contributed by atoms with Gasteiger partial charge in [0.05, 0.1) is 6.54 Å². The lowest BCUT2D eigenvalue weighted by Crippen LogP contribution is -1.94. The van der Waals surface area contributed by atoms with Gasteiger partial charge in [-0.15, -0.1) is 0 Å².